The molecule has 0 unspecified atom stereocenters. The molecule has 150 valence electrons. The van der Waals surface area contributed by atoms with Gasteiger partial charge in [-0.3, -0.25) is 31.3 Å². The molecule has 6 N–H and O–H groups in total. The number of carbonyl (C=O) groups excluding carboxylic acids is 2. The number of carbonyl (C=O) groups is 2. The minimum absolute atomic E-state index is 0.0930. The highest BCUT2D eigenvalue weighted by Gasteiger charge is 2.13. The molecule has 30 heavy (non-hydrogen) atoms. The number of nitrogen functional groups attached to an aromatic ring is 1. The number of hydrogen-bond acceptors (Lipinski definition) is 8. The van der Waals surface area contributed by atoms with Crippen molar-refractivity contribution in [3.05, 3.63) is 78.5 Å². The first-order chi connectivity index (χ1) is 14.6. The van der Waals surface area contributed by atoms with Crippen molar-refractivity contribution in [2.75, 3.05) is 16.6 Å². The quantitative estimate of drug-likeness (QED) is 0.308. The predicted octanol–water partition coefficient (Wildman–Crippen LogP) is 2.32. The lowest BCUT2D eigenvalue weighted by molar-refractivity contribution is 0.0933. The van der Waals surface area contributed by atoms with Gasteiger partial charge in [-0.1, -0.05) is 36.4 Å². The molecule has 0 aliphatic carbocycles. The number of hydrazine groups is 2. The monoisotopic (exact) mass is 403 g/mol. The third-order valence-electron chi connectivity index (χ3n) is 4.25. The Hall–Kier alpha value is -4.60. The van der Waals surface area contributed by atoms with Crippen molar-refractivity contribution in [1.29, 1.82) is 0 Å². The molecule has 4 aromatic rings. The van der Waals surface area contributed by atoms with Gasteiger partial charge in [-0.25, -0.2) is 9.97 Å². The number of benzene rings is 2. The summed E-state index contributed by atoms with van der Waals surface area (Å²) in [6, 6.07) is 16.1. The first-order valence-electron chi connectivity index (χ1n) is 8.88. The van der Waals surface area contributed by atoms with Gasteiger partial charge in [-0.05, 0) is 29.0 Å². The van der Waals surface area contributed by atoms with E-state index in [1.807, 2.05) is 30.3 Å². The van der Waals surface area contributed by atoms with Crippen molar-refractivity contribution >= 4 is 39.9 Å². The second kappa shape index (κ2) is 8.19. The fourth-order valence-electron chi connectivity index (χ4n) is 2.79. The summed E-state index contributed by atoms with van der Waals surface area (Å²) in [6.45, 7) is 0. The van der Waals surface area contributed by atoms with Crippen molar-refractivity contribution in [3.63, 3.8) is 0 Å². The number of anilines is 3. The van der Waals surface area contributed by atoms with Crippen LogP contribution in [0.3, 0.4) is 0 Å². The maximum absolute atomic E-state index is 12.6. The number of hydrogen-bond donors (Lipinski definition) is 5. The maximum Gasteiger partial charge on any atom is 0.305 e. The van der Waals surface area contributed by atoms with Crippen LogP contribution in [-0.4, -0.2) is 21.8 Å². The van der Waals surface area contributed by atoms with E-state index in [-0.39, 0.29) is 29.0 Å². The molecule has 0 atom stereocenters. The zero-order valence-corrected chi connectivity index (χ0v) is 15.5. The van der Waals surface area contributed by atoms with Crippen LogP contribution in [0.4, 0.5) is 17.3 Å². The van der Waals surface area contributed by atoms with E-state index in [1.54, 1.807) is 18.2 Å². The highest BCUT2D eigenvalue weighted by molar-refractivity contribution is 6.07. The summed E-state index contributed by atoms with van der Waals surface area (Å²) in [5, 5.41) is 1.77. The Morgan fingerprint density at radius 3 is 2.27 bits per heavy atom. The van der Waals surface area contributed by atoms with Crippen LogP contribution < -0.4 is 27.4 Å². The lowest BCUT2D eigenvalue weighted by Crippen LogP contribution is -2.32. The molecular weight excluding hydrogens is 386 g/mol. The standard InChI is InChI=1S/C20H17N7O3/c21-16-17(22-11-23-18(16)25-27-20(29)15-9-4-10-30-15)24-26-19(28)14-8-3-6-12-5-1-2-7-13(12)14/h1-11H,21H2,(H,26,28)(H,27,29)(H2,22,23,24,25). The molecule has 0 saturated heterocycles. The summed E-state index contributed by atoms with van der Waals surface area (Å²) in [5.41, 5.74) is 16.9. The first kappa shape index (κ1) is 18.7. The number of aromatic nitrogens is 2. The van der Waals surface area contributed by atoms with Crippen LogP contribution in [0.2, 0.25) is 0 Å². The minimum Gasteiger partial charge on any atom is -0.459 e. The fraction of sp³-hybridized carbons (Fsp3) is 0. The van der Waals surface area contributed by atoms with Crippen LogP contribution in [0, 0.1) is 0 Å². The molecule has 0 fully saturated rings. The minimum atomic E-state index is -0.503. The van der Waals surface area contributed by atoms with Crippen LogP contribution >= 0.6 is 0 Å². The van der Waals surface area contributed by atoms with Gasteiger partial charge in [0, 0.05) is 5.56 Å². The van der Waals surface area contributed by atoms with E-state index in [1.165, 1.54) is 18.7 Å². The molecule has 10 nitrogen and oxygen atoms in total. The maximum atomic E-state index is 12.6. The molecule has 2 aromatic carbocycles. The van der Waals surface area contributed by atoms with E-state index in [0.29, 0.717) is 5.56 Å². The van der Waals surface area contributed by atoms with Crippen molar-refractivity contribution in [2.24, 2.45) is 0 Å². The summed E-state index contributed by atoms with van der Waals surface area (Å²) >= 11 is 0. The van der Waals surface area contributed by atoms with Gasteiger partial charge in [0.2, 0.25) is 0 Å². The lowest BCUT2D eigenvalue weighted by atomic mass is 10.0. The van der Waals surface area contributed by atoms with Crippen molar-refractivity contribution in [3.8, 4) is 0 Å². The van der Waals surface area contributed by atoms with E-state index in [9.17, 15) is 9.59 Å². The largest absolute Gasteiger partial charge is 0.459 e. The van der Waals surface area contributed by atoms with Crippen LogP contribution in [0.15, 0.2) is 71.6 Å². The van der Waals surface area contributed by atoms with E-state index >= 15 is 0 Å². The fourth-order valence-corrected chi connectivity index (χ4v) is 2.79. The summed E-state index contributed by atoms with van der Waals surface area (Å²) in [6.07, 6.45) is 2.61. The molecule has 0 spiro atoms. The van der Waals surface area contributed by atoms with Gasteiger partial charge < -0.3 is 10.2 Å². The topological polar surface area (TPSA) is 147 Å². The van der Waals surface area contributed by atoms with Crippen LogP contribution in [0.1, 0.15) is 20.9 Å². The van der Waals surface area contributed by atoms with Gasteiger partial charge >= 0.3 is 5.91 Å². The van der Waals surface area contributed by atoms with Crippen LogP contribution in [0.25, 0.3) is 10.8 Å². The van der Waals surface area contributed by atoms with E-state index in [4.69, 9.17) is 10.2 Å². The number of rotatable bonds is 6. The van der Waals surface area contributed by atoms with E-state index in [0.717, 1.165) is 10.8 Å². The molecule has 2 aromatic heterocycles. The molecule has 0 saturated carbocycles. The average Bonchev–Trinajstić information content (AvgIpc) is 3.32. The van der Waals surface area contributed by atoms with Gasteiger partial charge in [-0.2, -0.15) is 0 Å². The third-order valence-corrected chi connectivity index (χ3v) is 4.25. The molecule has 2 heterocycles. The third kappa shape index (κ3) is 3.83. The van der Waals surface area contributed by atoms with E-state index < -0.39 is 5.91 Å². The molecular formula is C20H17N7O3. The summed E-state index contributed by atoms with van der Waals surface area (Å²) in [5.74, 6) is -0.432. The van der Waals surface area contributed by atoms with Crippen LogP contribution in [-0.2, 0) is 0 Å². The molecule has 2 amide bonds. The Labute approximate surface area is 170 Å². The van der Waals surface area contributed by atoms with Gasteiger partial charge in [0.05, 0.1) is 6.26 Å². The molecule has 10 heteroatoms. The van der Waals surface area contributed by atoms with Crippen molar-refractivity contribution in [1.82, 2.24) is 20.8 Å². The number of nitrogens with zero attached hydrogens (tertiary/aromatic N) is 2. The first-order valence-corrected chi connectivity index (χ1v) is 8.88. The zero-order chi connectivity index (χ0) is 20.9. The van der Waals surface area contributed by atoms with Gasteiger partial charge in [0.25, 0.3) is 5.91 Å². The SMILES string of the molecule is Nc1c(NNC(=O)c2ccco2)ncnc1NNC(=O)c1cccc2ccccc12. The number of nitrogens with two attached hydrogens (primary N) is 1. The number of nitrogens with one attached hydrogen (secondary N) is 4. The van der Waals surface area contributed by atoms with Crippen molar-refractivity contribution in [2.45, 2.75) is 0 Å². The molecule has 0 bridgehead atoms. The Balaban J connectivity index is 1.44. The Morgan fingerprint density at radius 2 is 1.53 bits per heavy atom. The highest BCUT2D eigenvalue weighted by atomic mass is 16.3. The lowest BCUT2D eigenvalue weighted by Gasteiger charge is -2.14. The Bertz CT molecular complexity index is 1200. The van der Waals surface area contributed by atoms with E-state index in [2.05, 4.69) is 31.7 Å². The molecule has 0 aliphatic heterocycles. The van der Waals surface area contributed by atoms with Crippen molar-refractivity contribution < 1.29 is 14.0 Å². The number of furan rings is 1. The average molecular weight is 403 g/mol. The molecule has 0 radical (unpaired) electrons. The van der Waals surface area contributed by atoms with Gasteiger partial charge in [0.15, 0.2) is 17.4 Å². The summed E-state index contributed by atoms with van der Waals surface area (Å²) < 4.78 is 5.00. The number of amides is 2. The normalized spacial score (nSPS) is 10.4. The van der Waals surface area contributed by atoms with Gasteiger partial charge in [0.1, 0.15) is 12.0 Å². The smallest absolute Gasteiger partial charge is 0.305 e. The highest BCUT2D eigenvalue weighted by Crippen LogP contribution is 2.22. The summed E-state index contributed by atoms with van der Waals surface area (Å²) in [4.78, 5) is 32.5. The second-order valence-electron chi connectivity index (χ2n) is 6.15. The zero-order valence-electron chi connectivity index (χ0n) is 15.5. The molecule has 4 rings (SSSR count). The Morgan fingerprint density at radius 1 is 0.833 bits per heavy atom. The Kier molecular flexibility index (Phi) is 5.12. The predicted molar refractivity (Wildman–Crippen MR) is 111 cm³/mol. The second-order valence-corrected chi connectivity index (χ2v) is 6.15. The van der Waals surface area contributed by atoms with Gasteiger partial charge in [-0.15, -0.1) is 0 Å². The van der Waals surface area contributed by atoms with Crippen LogP contribution in [0.5, 0.6) is 0 Å². The number of fused-ring (bicyclic) bond motifs is 1. The molecule has 0 aliphatic rings. The summed E-state index contributed by atoms with van der Waals surface area (Å²) in [7, 11) is 0.